The van der Waals surface area contributed by atoms with Crippen molar-refractivity contribution in [1.82, 2.24) is 4.98 Å². The zero-order chi connectivity index (χ0) is 25.2. The molecule has 3 aromatic rings. The highest BCUT2D eigenvalue weighted by atomic mass is 35.5. The number of aliphatic hydroxyl groups is 1. The standard InChI is InChI=1S/C25H17ClF3NO5/c1-34-21(31)19-18(13-5-3-2-4-6-13)24(14-7-9-15(10-8-14)25(27,28)29)22(32)23(19,33)20-17(35-24)11-16(26)12-30-20/h2-12,18-19,33H,1H3/t18?,19-,23+,24+/m0/s1. The first-order valence-corrected chi connectivity index (χ1v) is 10.9. The number of benzene rings is 2. The first-order valence-electron chi connectivity index (χ1n) is 10.5. The molecule has 1 N–H and O–H groups in total. The van der Waals surface area contributed by atoms with Gasteiger partial charge in [-0.3, -0.25) is 14.6 Å². The number of ether oxygens (including phenoxy) is 2. The fourth-order valence-corrected chi connectivity index (χ4v) is 5.31. The van der Waals surface area contributed by atoms with Crippen molar-refractivity contribution in [2.75, 3.05) is 7.11 Å². The molecule has 5 rings (SSSR count). The number of alkyl halides is 3. The molecule has 2 aromatic carbocycles. The van der Waals surface area contributed by atoms with Crippen molar-refractivity contribution in [3.8, 4) is 5.75 Å². The number of methoxy groups -OCH3 is 1. The van der Waals surface area contributed by atoms with Gasteiger partial charge in [-0.25, -0.2) is 0 Å². The number of halogens is 4. The Bertz CT molecular complexity index is 1330. The number of carbonyl (C=O) groups is 2. The number of Topliss-reactive ketones (excluding diaryl/α,β-unsaturated/α-hetero) is 1. The van der Waals surface area contributed by atoms with E-state index in [0.717, 1.165) is 31.4 Å². The second-order valence-corrected chi connectivity index (χ2v) is 8.83. The molecule has 0 amide bonds. The summed E-state index contributed by atoms with van der Waals surface area (Å²) in [6.07, 6.45) is -3.41. The van der Waals surface area contributed by atoms with E-state index in [1.165, 1.54) is 12.3 Å². The molecule has 2 aliphatic rings. The predicted molar refractivity (Wildman–Crippen MR) is 117 cm³/mol. The maximum atomic E-state index is 14.1. The van der Waals surface area contributed by atoms with E-state index in [-0.39, 0.29) is 22.0 Å². The summed E-state index contributed by atoms with van der Waals surface area (Å²) < 4.78 is 51.0. The monoisotopic (exact) mass is 503 g/mol. The van der Waals surface area contributed by atoms with Crippen molar-refractivity contribution in [3.05, 3.63) is 94.3 Å². The van der Waals surface area contributed by atoms with Crippen LogP contribution in [0.5, 0.6) is 5.75 Å². The van der Waals surface area contributed by atoms with Crippen LogP contribution in [0.4, 0.5) is 13.2 Å². The third kappa shape index (κ3) is 3.18. The minimum absolute atomic E-state index is 0.0276. The smallest absolute Gasteiger partial charge is 0.416 e. The molecule has 2 bridgehead atoms. The number of esters is 1. The van der Waals surface area contributed by atoms with Crippen molar-refractivity contribution in [3.63, 3.8) is 0 Å². The van der Waals surface area contributed by atoms with Gasteiger partial charge in [-0.1, -0.05) is 54.1 Å². The van der Waals surface area contributed by atoms with E-state index >= 15 is 0 Å². The summed E-state index contributed by atoms with van der Waals surface area (Å²) >= 11 is 6.09. The Morgan fingerprint density at radius 3 is 2.40 bits per heavy atom. The summed E-state index contributed by atoms with van der Waals surface area (Å²) in [4.78, 5) is 31.3. The van der Waals surface area contributed by atoms with E-state index in [4.69, 9.17) is 21.1 Å². The van der Waals surface area contributed by atoms with Crippen LogP contribution in [0.1, 0.15) is 28.3 Å². The van der Waals surface area contributed by atoms with Gasteiger partial charge in [-0.05, 0) is 17.7 Å². The molecule has 0 spiro atoms. The van der Waals surface area contributed by atoms with Gasteiger partial charge >= 0.3 is 12.1 Å². The summed E-state index contributed by atoms with van der Waals surface area (Å²) in [7, 11) is 1.11. The molecule has 1 aromatic heterocycles. The summed E-state index contributed by atoms with van der Waals surface area (Å²) in [6, 6.07) is 13.5. The van der Waals surface area contributed by atoms with E-state index < -0.39 is 46.5 Å². The number of nitrogens with zero attached hydrogens (tertiary/aromatic N) is 1. The van der Waals surface area contributed by atoms with E-state index in [2.05, 4.69) is 4.98 Å². The molecule has 2 heterocycles. The minimum atomic E-state index is -4.61. The average molecular weight is 504 g/mol. The van der Waals surface area contributed by atoms with Crippen LogP contribution in [0.2, 0.25) is 5.02 Å². The van der Waals surface area contributed by atoms with Crippen molar-refractivity contribution >= 4 is 23.4 Å². The topological polar surface area (TPSA) is 85.7 Å². The average Bonchev–Trinajstić information content (AvgIpc) is 2.97. The maximum absolute atomic E-state index is 14.1. The lowest BCUT2D eigenvalue weighted by molar-refractivity contribution is -0.163. The van der Waals surface area contributed by atoms with Gasteiger partial charge in [0.15, 0.2) is 5.60 Å². The number of pyridine rings is 1. The van der Waals surface area contributed by atoms with Gasteiger partial charge in [0.1, 0.15) is 17.4 Å². The summed E-state index contributed by atoms with van der Waals surface area (Å²) in [5.74, 6) is -4.59. The van der Waals surface area contributed by atoms with Crippen LogP contribution >= 0.6 is 11.6 Å². The van der Waals surface area contributed by atoms with Crippen LogP contribution < -0.4 is 4.74 Å². The highest BCUT2D eigenvalue weighted by Crippen LogP contribution is 2.64. The van der Waals surface area contributed by atoms with Gasteiger partial charge in [-0.15, -0.1) is 0 Å². The van der Waals surface area contributed by atoms with E-state index in [1.807, 2.05) is 0 Å². The molecule has 1 unspecified atom stereocenters. The SMILES string of the molecule is COC(=O)[C@@H]1C(c2ccccc2)[C@@]2(c3ccc(C(F)(F)F)cc3)Oc3cc(Cl)cnc3[C@@]1(O)C2=O. The van der Waals surface area contributed by atoms with Crippen LogP contribution in [0.15, 0.2) is 66.9 Å². The van der Waals surface area contributed by atoms with Crippen molar-refractivity contribution in [1.29, 1.82) is 0 Å². The maximum Gasteiger partial charge on any atom is 0.416 e. The molecule has 1 aliphatic carbocycles. The number of fused-ring (bicyclic) bond motifs is 4. The molecule has 4 atom stereocenters. The molecule has 10 heteroatoms. The van der Waals surface area contributed by atoms with Crippen molar-refractivity contribution < 1.29 is 37.3 Å². The van der Waals surface area contributed by atoms with E-state index in [0.29, 0.717) is 5.56 Å². The van der Waals surface area contributed by atoms with Gasteiger partial charge in [0.2, 0.25) is 11.4 Å². The van der Waals surface area contributed by atoms with Gasteiger partial charge in [0.25, 0.3) is 0 Å². The first-order chi connectivity index (χ1) is 16.5. The molecular weight excluding hydrogens is 487 g/mol. The first kappa shape index (κ1) is 23.3. The Morgan fingerprint density at radius 1 is 1.14 bits per heavy atom. The molecule has 1 saturated carbocycles. The Kier molecular flexibility index (Phi) is 5.19. The number of carbonyl (C=O) groups excluding carboxylic acids is 2. The van der Waals surface area contributed by atoms with Crippen LogP contribution in [0.25, 0.3) is 0 Å². The van der Waals surface area contributed by atoms with E-state index in [9.17, 15) is 27.9 Å². The zero-order valence-electron chi connectivity index (χ0n) is 18.0. The minimum Gasteiger partial charge on any atom is -0.472 e. The number of aromatic nitrogens is 1. The van der Waals surface area contributed by atoms with E-state index in [1.54, 1.807) is 30.3 Å². The Labute approximate surface area is 202 Å². The van der Waals surface area contributed by atoms with Gasteiger partial charge in [0, 0.05) is 17.8 Å². The quantitative estimate of drug-likeness (QED) is 0.534. The number of ketones is 1. The Balaban J connectivity index is 1.85. The number of rotatable bonds is 3. The molecule has 0 saturated heterocycles. The van der Waals surface area contributed by atoms with Crippen molar-refractivity contribution in [2.24, 2.45) is 5.92 Å². The van der Waals surface area contributed by atoms with Crippen LogP contribution in [0, 0.1) is 5.92 Å². The van der Waals surface area contributed by atoms with Crippen molar-refractivity contribution in [2.45, 2.75) is 23.3 Å². The molecule has 180 valence electrons. The fraction of sp³-hybridized carbons (Fsp3) is 0.240. The lowest BCUT2D eigenvalue weighted by atomic mass is 9.75. The molecular formula is C25H17ClF3NO5. The second-order valence-electron chi connectivity index (χ2n) is 8.40. The summed E-state index contributed by atoms with van der Waals surface area (Å²) in [6.45, 7) is 0. The van der Waals surface area contributed by atoms with Crippen LogP contribution in [-0.4, -0.2) is 29.0 Å². The third-order valence-corrected chi connectivity index (χ3v) is 6.82. The second kappa shape index (κ2) is 7.79. The van der Waals surface area contributed by atoms with Crippen LogP contribution in [0.3, 0.4) is 0 Å². The van der Waals surface area contributed by atoms with Gasteiger partial charge in [0.05, 0.1) is 23.6 Å². The molecule has 1 fully saturated rings. The van der Waals surface area contributed by atoms with Gasteiger partial charge in [-0.2, -0.15) is 13.2 Å². The lowest BCUT2D eigenvalue weighted by Crippen LogP contribution is -2.51. The molecule has 35 heavy (non-hydrogen) atoms. The number of hydrogen-bond acceptors (Lipinski definition) is 6. The summed E-state index contributed by atoms with van der Waals surface area (Å²) in [5.41, 5.74) is -5.25. The van der Waals surface area contributed by atoms with Crippen LogP contribution in [-0.2, 0) is 31.7 Å². The van der Waals surface area contributed by atoms with Gasteiger partial charge < -0.3 is 14.6 Å². The third-order valence-electron chi connectivity index (χ3n) is 6.61. The highest BCUT2D eigenvalue weighted by molar-refractivity contribution is 6.30. The number of hydrogen-bond donors (Lipinski definition) is 1. The molecule has 6 nitrogen and oxygen atoms in total. The molecule has 0 radical (unpaired) electrons. The Hall–Kier alpha value is -3.43. The normalized spacial score (nSPS) is 27.2. The predicted octanol–water partition coefficient (Wildman–Crippen LogP) is 4.39. The fourth-order valence-electron chi connectivity index (χ4n) is 5.16. The Morgan fingerprint density at radius 2 is 1.80 bits per heavy atom. The zero-order valence-corrected chi connectivity index (χ0v) is 18.8. The highest BCUT2D eigenvalue weighted by Gasteiger charge is 2.77. The summed E-state index contributed by atoms with van der Waals surface area (Å²) in [5, 5.41) is 12.1. The lowest BCUT2D eigenvalue weighted by Gasteiger charge is -2.39. The largest absolute Gasteiger partial charge is 0.472 e. The molecule has 1 aliphatic heterocycles.